The topological polar surface area (TPSA) is 55.4 Å². The van der Waals surface area contributed by atoms with Crippen LogP contribution in [-0.4, -0.2) is 24.5 Å². The Balaban J connectivity index is 2.80. The molecule has 1 rings (SSSR count). The Morgan fingerprint density at radius 1 is 1.31 bits per heavy atom. The molecule has 1 aromatic carbocycles. The fourth-order valence-corrected chi connectivity index (χ4v) is 2.20. The third kappa shape index (κ3) is 8.43. The molecule has 0 radical (unpaired) electrons. The number of ether oxygens (including phenoxy) is 1. The molecule has 0 heterocycles. The van der Waals surface area contributed by atoms with Crippen molar-refractivity contribution < 1.29 is 23.1 Å². The van der Waals surface area contributed by atoms with Crippen molar-refractivity contribution in [1.82, 2.24) is 5.32 Å². The van der Waals surface area contributed by atoms with E-state index < -0.39 is 29.6 Å². The van der Waals surface area contributed by atoms with Crippen LogP contribution in [0.15, 0.2) is 30.4 Å². The molecule has 4 nitrogen and oxygen atoms in total. The van der Waals surface area contributed by atoms with Crippen molar-refractivity contribution in [3.63, 3.8) is 0 Å². The number of carbonyl (C=O) groups excluding carboxylic acids is 2. The monoisotopic (exact) mass is 363 g/mol. The van der Waals surface area contributed by atoms with Crippen molar-refractivity contribution in [3.8, 4) is 12.3 Å². The van der Waals surface area contributed by atoms with Crippen molar-refractivity contribution in [2.24, 2.45) is 0 Å². The Morgan fingerprint density at radius 3 is 2.62 bits per heavy atom. The fraction of sp³-hybridized carbons (Fsp3) is 0.400. The lowest BCUT2D eigenvalue weighted by molar-refractivity contribution is -0.147. The van der Waals surface area contributed by atoms with Gasteiger partial charge in [0.25, 0.3) is 0 Å². The number of amides is 1. The molecular weight excluding hydrogens is 340 g/mol. The number of esters is 1. The van der Waals surface area contributed by atoms with Gasteiger partial charge in [0.2, 0.25) is 5.91 Å². The van der Waals surface area contributed by atoms with Crippen molar-refractivity contribution >= 4 is 11.9 Å². The molecule has 0 fully saturated rings. The number of hydrogen-bond donors (Lipinski definition) is 1. The molecule has 0 aliphatic carbocycles. The van der Waals surface area contributed by atoms with Gasteiger partial charge in [-0.1, -0.05) is 25.8 Å². The average molecular weight is 363 g/mol. The molecule has 0 bridgehead atoms. The number of unbranched alkanes of at least 4 members (excludes halogenated alkanes) is 2. The number of halogens is 2. The summed E-state index contributed by atoms with van der Waals surface area (Å²) in [6.45, 7) is 2.04. The summed E-state index contributed by atoms with van der Waals surface area (Å²) in [7, 11) is 0. The molecule has 0 aliphatic rings. The molecular formula is C20H23F2NO3. The van der Waals surface area contributed by atoms with E-state index in [0.717, 1.165) is 37.5 Å². The van der Waals surface area contributed by atoms with E-state index >= 15 is 0 Å². The van der Waals surface area contributed by atoms with Crippen LogP contribution in [0.2, 0.25) is 0 Å². The maximum absolute atomic E-state index is 13.4. The smallest absolute Gasteiger partial charge is 0.329 e. The van der Waals surface area contributed by atoms with E-state index in [-0.39, 0.29) is 25.0 Å². The number of allylic oxidation sites excluding steroid dienone is 1. The lowest BCUT2D eigenvalue weighted by atomic mass is 10.1. The Morgan fingerprint density at radius 2 is 2.00 bits per heavy atom. The number of carbonyl (C=O) groups is 2. The van der Waals surface area contributed by atoms with E-state index in [1.165, 1.54) is 6.08 Å². The Hall–Kier alpha value is -2.68. The normalized spacial score (nSPS) is 11.8. The molecule has 0 spiro atoms. The van der Waals surface area contributed by atoms with Gasteiger partial charge in [-0.2, -0.15) is 0 Å². The van der Waals surface area contributed by atoms with E-state index in [2.05, 4.69) is 11.2 Å². The summed E-state index contributed by atoms with van der Waals surface area (Å²) >= 11 is 0. The van der Waals surface area contributed by atoms with Gasteiger partial charge in [-0.15, -0.1) is 12.3 Å². The Kier molecular flexibility index (Phi) is 9.70. The van der Waals surface area contributed by atoms with Crippen molar-refractivity contribution in [2.45, 2.75) is 45.1 Å². The maximum atomic E-state index is 13.4. The second kappa shape index (κ2) is 11.8. The summed E-state index contributed by atoms with van der Waals surface area (Å²) in [5.41, 5.74) is 0.233. The zero-order valence-electron chi connectivity index (χ0n) is 14.8. The number of benzene rings is 1. The lowest BCUT2D eigenvalue weighted by Crippen LogP contribution is -2.42. The Bertz CT molecular complexity index is 660. The summed E-state index contributed by atoms with van der Waals surface area (Å²) in [6, 6.07) is 1.87. The Labute approximate surface area is 152 Å². The van der Waals surface area contributed by atoms with Crippen LogP contribution in [-0.2, 0) is 20.7 Å². The number of hydrogen-bond acceptors (Lipinski definition) is 3. The van der Waals surface area contributed by atoms with Crippen molar-refractivity contribution in [1.29, 1.82) is 0 Å². The van der Waals surface area contributed by atoms with E-state index in [4.69, 9.17) is 11.2 Å². The standard InChI is InChI=1S/C20H23F2NO3/c1-3-5-7-8-9-19(24)23-18(20(25)26-10-6-4-2)13-15-11-16(21)14-17(22)12-15/h2,8-9,11-12,14,18H,3,5-7,10,13H2,1H3,(H,23,24)/b9-8+/t18-/m0/s1. The molecule has 0 saturated heterocycles. The van der Waals surface area contributed by atoms with Crippen LogP contribution >= 0.6 is 0 Å². The van der Waals surface area contributed by atoms with Crippen LogP contribution in [0.4, 0.5) is 8.78 Å². The molecule has 140 valence electrons. The summed E-state index contributed by atoms with van der Waals surface area (Å²) in [4.78, 5) is 24.2. The molecule has 1 aromatic rings. The second-order valence-electron chi connectivity index (χ2n) is 5.71. The van der Waals surface area contributed by atoms with Crippen LogP contribution in [0, 0.1) is 24.0 Å². The summed E-state index contributed by atoms with van der Waals surface area (Å²) < 4.78 is 31.7. The third-order valence-electron chi connectivity index (χ3n) is 3.45. The van der Waals surface area contributed by atoms with Gasteiger partial charge in [-0.05, 0) is 30.2 Å². The van der Waals surface area contributed by atoms with Crippen LogP contribution in [0.5, 0.6) is 0 Å². The lowest BCUT2D eigenvalue weighted by Gasteiger charge is -2.17. The highest BCUT2D eigenvalue weighted by atomic mass is 19.1. The van der Waals surface area contributed by atoms with Crippen molar-refractivity contribution in [2.75, 3.05) is 6.61 Å². The van der Waals surface area contributed by atoms with Crippen LogP contribution < -0.4 is 5.32 Å². The van der Waals surface area contributed by atoms with Crippen LogP contribution in [0.25, 0.3) is 0 Å². The zero-order valence-corrected chi connectivity index (χ0v) is 14.8. The first kappa shape index (κ1) is 21.4. The van der Waals surface area contributed by atoms with E-state index in [1.54, 1.807) is 6.08 Å². The van der Waals surface area contributed by atoms with E-state index in [1.807, 2.05) is 6.92 Å². The second-order valence-corrected chi connectivity index (χ2v) is 5.71. The molecule has 0 saturated carbocycles. The SMILES string of the molecule is C#CCCOC(=O)[C@H](Cc1cc(F)cc(F)c1)NC(=O)/C=C/CCCC. The van der Waals surface area contributed by atoms with Gasteiger partial charge in [0.15, 0.2) is 0 Å². The molecule has 0 unspecified atom stereocenters. The van der Waals surface area contributed by atoms with Crippen LogP contribution in [0.1, 0.15) is 38.2 Å². The highest BCUT2D eigenvalue weighted by Crippen LogP contribution is 2.11. The van der Waals surface area contributed by atoms with Crippen molar-refractivity contribution in [3.05, 3.63) is 47.5 Å². The summed E-state index contributed by atoms with van der Waals surface area (Å²) in [6.07, 6.45) is 11.0. The minimum Gasteiger partial charge on any atom is -0.463 e. The van der Waals surface area contributed by atoms with Gasteiger partial charge in [-0.3, -0.25) is 4.79 Å². The van der Waals surface area contributed by atoms with Gasteiger partial charge >= 0.3 is 5.97 Å². The van der Waals surface area contributed by atoms with Gasteiger partial charge in [0, 0.05) is 18.9 Å². The highest BCUT2D eigenvalue weighted by Gasteiger charge is 2.22. The molecule has 0 aliphatic heterocycles. The first-order chi connectivity index (χ1) is 12.5. The largest absolute Gasteiger partial charge is 0.463 e. The first-order valence-electron chi connectivity index (χ1n) is 8.48. The predicted octanol–water partition coefficient (Wildman–Crippen LogP) is 3.31. The van der Waals surface area contributed by atoms with Crippen LogP contribution in [0.3, 0.4) is 0 Å². The van der Waals surface area contributed by atoms with E-state index in [0.29, 0.717) is 0 Å². The quantitative estimate of drug-likeness (QED) is 0.300. The number of nitrogens with one attached hydrogen (secondary N) is 1. The molecule has 1 N–H and O–H groups in total. The maximum Gasteiger partial charge on any atom is 0.329 e. The minimum atomic E-state index is -1.07. The molecule has 1 atom stereocenters. The summed E-state index contributed by atoms with van der Waals surface area (Å²) in [5.74, 6) is -0.369. The molecule has 6 heteroatoms. The average Bonchev–Trinajstić information content (AvgIpc) is 2.57. The molecule has 26 heavy (non-hydrogen) atoms. The predicted molar refractivity (Wildman–Crippen MR) is 95.1 cm³/mol. The fourth-order valence-electron chi connectivity index (χ4n) is 2.20. The number of terminal acetylenes is 1. The highest BCUT2D eigenvalue weighted by molar-refractivity contribution is 5.91. The van der Waals surface area contributed by atoms with Gasteiger partial charge in [0.05, 0.1) is 0 Å². The first-order valence-corrected chi connectivity index (χ1v) is 8.48. The number of rotatable bonds is 10. The summed E-state index contributed by atoms with van der Waals surface area (Å²) in [5, 5.41) is 2.51. The van der Waals surface area contributed by atoms with E-state index in [9.17, 15) is 18.4 Å². The molecule has 1 amide bonds. The minimum absolute atomic E-state index is 0.00551. The van der Waals surface area contributed by atoms with Gasteiger partial charge in [-0.25, -0.2) is 13.6 Å². The third-order valence-corrected chi connectivity index (χ3v) is 3.45. The van der Waals surface area contributed by atoms with Gasteiger partial charge in [0.1, 0.15) is 24.3 Å². The molecule has 0 aromatic heterocycles. The zero-order chi connectivity index (χ0) is 19.4. The van der Waals surface area contributed by atoms with Gasteiger partial charge < -0.3 is 10.1 Å².